The number of hydrogen-bond donors (Lipinski definition) is 1. The van der Waals surface area contributed by atoms with Gasteiger partial charge in [-0.1, -0.05) is 11.3 Å². The molecule has 2 N–H and O–H groups in total. The molecule has 2 atom stereocenters. The van der Waals surface area contributed by atoms with Crippen LogP contribution in [0.4, 0.5) is 0 Å². The molecule has 76 valence electrons. The van der Waals surface area contributed by atoms with Crippen LogP contribution in [0.2, 0.25) is 0 Å². The molecule has 2 heterocycles. The zero-order chi connectivity index (χ0) is 10.8. The molecule has 0 fully saturated rings. The fourth-order valence-electron chi connectivity index (χ4n) is 1.32. The lowest BCUT2D eigenvalue weighted by Gasteiger charge is -2.08. The van der Waals surface area contributed by atoms with Gasteiger partial charge >= 0.3 is 0 Å². The third-order valence-electron chi connectivity index (χ3n) is 2.11. The Morgan fingerprint density at radius 3 is 3.00 bits per heavy atom. The molecule has 2 aromatic heterocycles. The number of nitriles is 1. The first-order valence-electron chi connectivity index (χ1n) is 4.59. The van der Waals surface area contributed by atoms with Crippen LogP contribution in [0.5, 0.6) is 0 Å². The average Bonchev–Trinajstić information content (AvgIpc) is 2.61. The van der Waals surface area contributed by atoms with E-state index in [1.807, 2.05) is 19.1 Å². The van der Waals surface area contributed by atoms with E-state index in [2.05, 4.69) is 16.0 Å². The second-order valence-electron chi connectivity index (χ2n) is 3.35. The molecular weight excluding hydrogens is 208 g/mol. The summed E-state index contributed by atoms with van der Waals surface area (Å²) in [5.74, 6) is -0.343. The highest BCUT2D eigenvalue weighted by Crippen LogP contribution is 2.26. The maximum Gasteiger partial charge on any atom is 0.143 e. The van der Waals surface area contributed by atoms with Crippen molar-refractivity contribution < 1.29 is 0 Å². The maximum atomic E-state index is 8.99. The smallest absolute Gasteiger partial charge is 0.143 e. The molecule has 2 aromatic rings. The fourth-order valence-corrected chi connectivity index (χ4v) is 2.39. The lowest BCUT2D eigenvalue weighted by atomic mass is 10.1. The van der Waals surface area contributed by atoms with Gasteiger partial charge in [-0.2, -0.15) is 5.26 Å². The van der Waals surface area contributed by atoms with Gasteiger partial charge in [0.05, 0.1) is 6.07 Å². The molecule has 0 aliphatic carbocycles. The van der Waals surface area contributed by atoms with Crippen LogP contribution < -0.4 is 5.73 Å². The van der Waals surface area contributed by atoms with Crippen molar-refractivity contribution in [2.75, 3.05) is 0 Å². The number of thiazole rings is 1. The van der Waals surface area contributed by atoms with E-state index in [1.54, 1.807) is 6.20 Å². The number of rotatable bonds is 2. The van der Waals surface area contributed by atoms with Crippen LogP contribution in [0, 0.1) is 11.3 Å². The van der Waals surface area contributed by atoms with E-state index in [9.17, 15) is 0 Å². The standard InChI is InChI=1S/C10H10N4S/c1-6(12)7(5-11)9-14-8-3-2-4-13-10(8)15-9/h2-4,6-7H,12H2,1H3. The first-order valence-corrected chi connectivity index (χ1v) is 5.40. The molecule has 0 bridgehead atoms. The van der Waals surface area contributed by atoms with Gasteiger partial charge in [0.15, 0.2) is 0 Å². The van der Waals surface area contributed by atoms with E-state index < -0.39 is 0 Å². The van der Waals surface area contributed by atoms with Gasteiger partial charge in [0, 0.05) is 12.2 Å². The van der Waals surface area contributed by atoms with Gasteiger partial charge in [-0.25, -0.2) is 9.97 Å². The first-order chi connectivity index (χ1) is 7.22. The van der Waals surface area contributed by atoms with Gasteiger partial charge in [0.1, 0.15) is 21.3 Å². The minimum Gasteiger partial charge on any atom is -0.326 e. The van der Waals surface area contributed by atoms with Crippen molar-refractivity contribution in [3.05, 3.63) is 23.3 Å². The lowest BCUT2D eigenvalue weighted by Crippen LogP contribution is -2.23. The van der Waals surface area contributed by atoms with Gasteiger partial charge in [0.25, 0.3) is 0 Å². The normalized spacial score (nSPS) is 14.7. The summed E-state index contributed by atoms with van der Waals surface area (Å²) in [5.41, 5.74) is 6.56. The van der Waals surface area contributed by atoms with Gasteiger partial charge in [0.2, 0.25) is 0 Å². The topological polar surface area (TPSA) is 75.6 Å². The van der Waals surface area contributed by atoms with Crippen LogP contribution in [-0.2, 0) is 0 Å². The molecule has 0 saturated heterocycles. The predicted octanol–water partition coefficient (Wildman–Crippen LogP) is 1.65. The Kier molecular flexibility index (Phi) is 2.62. The van der Waals surface area contributed by atoms with E-state index in [1.165, 1.54) is 11.3 Å². The van der Waals surface area contributed by atoms with E-state index in [0.29, 0.717) is 0 Å². The number of pyridine rings is 1. The van der Waals surface area contributed by atoms with E-state index in [0.717, 1.165) is 15.4 Å². The Morgan fingerprint density at radius 1 is 1.60 bits per heavy atom. The quantitative estimate of drug-likeness (QED) is 0.831. The second kappa shape index (κ2) is 3.93. The third-order valence-corrected chi connectivity index (χ3v) is 3.18. The fraction of sp³-hybridized carbons (Fsp3) is 0.300. The molecule has 15 heavy (non-hydrogen) atoms. The summed E-state index contributed by atoms with van der Waals surface area (Å²) >= 11 is 1.43. The molecule has 2 rings (SSSR count). The second-order valence-corrected chi connectivity index (χ2v) is 4.35. The van der Waals surface area contributed by atoms with E-state index in [4.69, 9.17) is 11.0 Å². The van der Waals surface area contributed by atoms with Crippen LogP contribution in [0.3, 0.4) is 0 Å². The molecule has 0 radical (unpaired) electrons. The molecular formula is C10H10N4S. The molecule has 5 heteroatoms. The first kappa shape index (κ1) is 10.0. The Balaban J connectivity index is 2.49. The van der Waals surface area contributed by atoms with Crippen LogP contribution in [-0.4, -0.2) is 16.0 Å². The number of hydrogen-bond acceptors (Lipinski definition) is 5. The molecule has 4 nitrogen and oxygen atoms in total. The van der Waals surface area contributed by atoms with Crippen LogP contribution >= 0.6 is 11.3 Å². The van der Waals surface area contributed by atoms with Crippen molar-refractivity contribution >= 4 is 21.7 Å². The molecule has 0 spiro atoms. The molecule has 2 unspecified atom stereocenters. The largest absolute Gasteiger partial charge is 0.326 e. The summed E-state index contributed by atoms with van der Waals surface area (Å²) in [6.45, 7) is 1.81. The monoisotopic (exact) mass is 218 g/mol. The predicted molar refractivity (Wildman–Crippen MR) is 59.4 cm³/mol. The summed E-state index contributed by atoms with van der Waals surface area (Å²) in [4.78, 5) is 9.40. The number of nitrogens with two attached hydrogens (primary N) is 1. The highest BCUT2D eigenvalue weighted by molar-refractivity contribution is 7.18. The van der Waals surface area contributed by atoms with Crippen molar-refractivity contribution in [2.24, 2.45) is 5.73 Å². The third kappa shape index (κ3) is 1.82. The zero-order valence-corrected chi connectivity index (χ0v) is 9.03. The van der Waals surface area contributed by atoms with Crippen molar-refractivity contribution in [1.29, 1.82) is 5.26 Å². The number of fused-ring (bicyclic) bond motifs is 1. The Hall–Kier alpha value is -1.51. The van der Waals surface area contributed by atoms with Gasteiger partial charge in [-0.05, 0) is 19.1 Å². The molecule has 0 amide bonds. The zero-order valence-electron chi connectivity index (χ0n) is 8.21. The summed E-state index contributed by atoms with van der Waals surface area (Å²) in [5, 5.41) is 9.74. The van der Waals surface area contributed by atoms with Crippen molar-refractivity contribution in [2.45, 2.75) is 18.9 Å². The Morgan fingerprint density at radius 2 is 2.40 bits per heavy atom. The van der Waals surface area contributed by atoms with Gasteiger partial charge < -0.3 is 5.73 Å². The van der Waals surface area contributed by atoms with Crippen molar-refractivity contribution in [1.82, 2.24) is 9.97 Å². The van der Waals surface area contributed by atoms with Crippen LogP contribution in [0.1, 0.15) is 17.8 Å². The van der Waals surface area contributed by atoms with Crippen molar-refractivity contribution in [3.8, 4) is 6.07 Å². The van der Waals surface area contributed by atoms with E-state index >= 15 is 0 Å². The van der Waals surface area contributed by atoms with Crippen LogP contribution in [0.15, 0.2) is 18.3 Å². The average molecular weight is 218 g/mol. The Bertz CT molecular complexity index is 478. The molecule has 0 aromatic carbocycles. The lowest BCUT2D eigenvalue weighted by molar-refractivity contribution is 0.669. The van der Waals surface area contributed by atoms with E-state index in [-0.39, 0.29) is 12.0 Å². The maximum absolute atomic E-state index is 8.99. The minimum absolute atomic E-state index is 0.212. The van der Waals surface area contributed by atoms with Crippen LogP contribution in [0.25, 0.3) is 10.3 Å². The molecule has 0 aliphatic rings. The SMILES string of the molecule is CC(N)C(C#N)c1nc2cccnc2s1. The number of nitrogens with zero attached hydrogens (tertiary/aromatic N) is 3. The minimum atomic E-state index is -0.343. The molecule has 0 saturated carbocycles. The van der Waals surface area contributed by atoms with Gasteiger partial charge in [-0.15, -0.1) is 0 Å². The highest BCUT2D eigenvalue weighted by Gasteiger charge is 2.19. The summed E-state index contributed by atoms with van der Waals surface area (Å²) in [7, 11) is 0. The summed E-state index contributed by atoms with van der Waals surface area (Å²) in [6.07, 6.45) is 1.72. The van der Waals surface area contributed by atoms with Gasteiger partial charge in [-0.3, -0.25) is 0 Å². The highest BCUT2D eigenvalue weighted by atomic mass is 32.1. The Labute approximate surface area is 91.4 Å². The molecule has 0 aliphatic heterocycles. The number of aromatic nitrogens is 2. The van der Waals surface area contributed by atoms with Crippen molar-refractivity contribution in [3.63, 3.8) is 0 Å². The summed E-state index contributed by atoms with van der Waals surface area (Å²) in [6, 6.07) is 5.68. The summed E-state index contributed by atoms with van der Waals surface area (Å²) < 4.78 is 0.